The van der Waals surface area contributed by atoms with Crippen LogP contribution in [0.4, 0.5) is 0 Å². The van der Waals surface area contributed by atoms with Crippen molar-refractivity contribution in [2.75, 3.05) is 20.0 Å². The Morgan fingerprint density at radius 1 is 0.909 bits per heavy atom. The summed E-state index contributed by atoms with van der Waals surface area (Å²) in [4.78, 5) is 0. The Balaban J connectivity index is 0.000001000. The van der Waals surface area contributed by atoms with Gasteiger partial charge in [-0.1, -0.05) is 18.2 Å². The molecule has 0 aliphatic carbocycles. The van der Waals surface area contributed by atoms with Gasteiger partial charge in [0.25, 0.3) is 0 Å². The van der Waals surface area contributed by atoms with Gasteiger partial charge in [-0.15, -0.1) is 0 Å². The fourth-order valence-electron chi connectivity index (χ4n) is 0.875. The second-order valence-electron chi connectivity index (χ2n) is 3.35. The first-order valence-corrected chi connectivity index (χ1v) is 6.61. The van der Waals surface area contributed by atoms with E-state index in [9.17, 15) is 0 Å². The monoisotopic (exact) mass is 259 g/mol. The summed E-state index contributed by atoms with van der Waals surface area (Å²) >= 11 is 0. The minimum Gasteiger partial charge on any atom is -0.0620 e. The van der Waals surface area contributed by atoms with Gasteiger partial charge in [0.1, 0.15) is 0 Å². The summed E-state index contributed by atoms with van der Waals surface area (Å²) in [6.45, 7) is 7.01. The number of hydrogen-bond donors (Lipinski definition) is 0. The van der Waals surface area contributed by atoms with E-state index in [0.29, 0.717) is 0 Å². The quantitative estimate of drug-likeness (QED) is 0.536. The van der Waals surface area contributed by atoms with Crippen molar-refractivity contribution in [3.05, 3.63) is 30.3 Å². The number of rotatable bonds is 1. The van der Waals surface area contributed by atoms with E-state index in [1.54, 1.807) is 0 Å². The van der Waals surface area contributed by atoms with Gasteiger partial charge in [-0.05, 0) is 12.1 Å². The van der Waals surface area contributed by atoms with Crippen molar-refractivity contribution in [3.8, 4) is 0 Å². The predicted molar refractivity (Wildman–Crippen MR) is 50.8 cm³/mol. The van der Waals surface area contributed by atoms with Crippen LogP contribution in [-0.2, 0) is 20.4 Å². The molecular weight excluding hydrogens is 245 g/mol. The van der Waals surface area contributed by atoms with Crippen LogP contribution in [0.1, 0.15) is 0 Å². The second kappa shape index (κ2) is 4.37. The van der Waals surface area contributed by atoms with Crippen LogP contribution in [0, 0.1) is 0 Å². The standard InChI is InChI=1S/C9H14P.Pd/c1-10(2,3)9-7-5-4-6-8-9;/h4-8H,1-3H3;/q+1;. The van der Waals surface area contributed by atoms with E-state index in [1.807, 2.05) is 0 Å². The third-order valence-electron chi connectivity index (χ3n) is 1.53. The fraction of sp³-hybridized carbons (Fsp3) is 0.333. The van der Waals surface area contributed by atoms with E-state index < -0.39 is 7.26 Å². The second-order valence-corrected chi connectivity index (χ2v) is 7.89. The Labute approximate surface area is 83.4 Å². The molecule has 0 unspecified atom stereocenters. The summed E-state index contributed by atoms with van der Waals surface area (Å²) in [5.41, 5.74) is 0. The molecule has 2 heteroatoms. The van der Waals surface area contributed by atoms with Crippen LogP contribution >= 0.6 is 7.26 Å². The molecule has 0 aliphatic rings. The van der Waals surface area contributed by atoms with E-state index >= 15 is 0 Å². The normalized spacial score (nSPS) is 10.5. The maximum absolute atomic E-state index is 2.34. The minimum absolute atomic E-state index is 0. The van der Waals surface area contributed by atoms with E-state index in [1.165, 1.54) is 5.30 Å². The molecule has 0 saturated heterocycles. The van der Waals surface area contributed by atoms with Crippen LogP contribution in [0.5, 0.6) is 0 Å². The molecule has 0 atom stereocenters. The van der Waals surface area contributed by atoms with Crippen LogP contribution < -0.4 is 5.30 Å². The molecule has 0 spiro atoms. The SMILES string of the molecule is C[P+](C)(C)c1ccccc1.[Pd]. The zero-order valence-corrected chi connectivity index (χ0v) is 9.60. The van der Waals surface area contributed by atoms with Crippen LogP contribution in [0.15, 0.2) is 30.3 Å². The maximum Gasteiger partial charge on any atom is 0.0930 e. The smallest absolute Gasteiger partial charge is 0.0620 e. The van der Waals surface area contributed by atoms with Crippen molar-refractivity contribution < 1.29 is 20.4 Å². The third kappa shape index (κ3) is 3.48. The van der Waals surface area contributed by atoms with Crippen LogP contribution in [-0.4, -0.2) is 20.0 Å². The van der Waals surface area contributed by atoms with Gasteiger partial charge >= 0.3 is 0 Å². The van der Waals surface area contributed by atoms with Gasteiger partial charge in [-0.3, -0.25) is 0 Å². The van der Waals surface area contributed by atoms with Crippen LogP contribution in [0.3, 0.4) is 0 Å². The van der Waals surface area contributed by atoms with Gasteiger partial charge in [-0.2, -0.15) is 0 Å². The molecule has 0 fully saturated rings. The Morgan fingerprint density at radius 2 is 1.36 bits per heavy atom. The van der Waals surface area contributed by atoms with Gasteiger partial charge in [0, 0.05) is 27.7 Å². The van der Waals surface area contributed by atoms with Crippen molar-refractivity contribution in [2.45, 2.75) is 0 Å². The summed E-state index contributed by atoms with van der Waals surface area (Å²) < 4.78 is 0. The van der Waals surface area contributed by atoms with Gasteiger partial charge in [0.2, 0.25) is 0 Å². The van der Waals surface area contributed by atoms with E-state index in [-0.39, 0.29) is 20.4 Å². The minimum atomic E-state index is -0.768. The number of hydrogen-bond acceptors (Lipinski definition) is 0. The first-order valence-electron chi connectivity index (χ1n) is 3.48. The molecule has 0 N–H and O–H groups in total. The average Bonchev–Trinajstić information content (AvgIpc) is 1.88. The molecule has 64 valence electrons. The molecule has 0 aromatic heterocycles. The molecule has 0 bridgehead atoms. The third-order valence-corrected chi connectivity index (χ3v) is 3.38. The first-order chi connectivity index (χ1) is 4.61. The van der Waals surface area contributed by atoms with E-state index in [4.69, 9.17) is 0 Å². The topological polar surface area (TPSA) is 0 Å². The Hall–Kier alpha value is 0.312. The molecule has 0 amide bonds. The maximum atomic E-state index is 2.34. The van der Waals surface area contributed by atoms with Crippen molar-refractivity contribution >= 4 is 12.6 Å². The van der Waals surface area contributed by atoms with Crippen LogP contribution in [0.2, 0.25) is 0 Å². The molecule has 1 aromatic carbocycles. The zero-order valence-electron chi connectivity index (χ0n) is 7.15. The van der Waals surface area contributed by atoms with Crippen molar-refractivity contribution in [3.63, 3.8) is 0 Å². The van der Waals surface area contributed by atoms with Crippen molar-refractivity contribution in [1.29, 1.82) is 0 Å². The molecule has 0 nitrogen and oxygen atoms in total. The van der Waals surface area contributed by atoms with Gasteiger partial charge in [-0.25, -0.2) is 0 Å². The van der Waals surface area contributed by atoms with Gasteiger partial charge < -0.3 is 0 Å². The van der Waals surface area contributed by atoms with Crippen LogP contribution in [0.25, 0.3) is 0 Å². The summed E-state index contributed by atoms with van der Waals surface area (Å²) in [5.74, 6) is 0. The molecule has 0 radical (unpaired) electrons. The molecule has 1 rings (SSSR count). The predicted octanol–water partition coefficient (Wildman–Crippen LogP) is 2.22. The average molecular weight is 260 g/mol. The Morgan fingerprint density at radius 3 is 1.64 bits per heavy atom. The van der Waals surface area contributed by atoms with Gasteiger partial charge in [0.05, 0.1) is 25.3 Å². The molecule has 11 heavy (non-hydrogen) atoms. The summed E-state index contributed by atoms with van der Waals surface area (Å²) in [6.07, 6.45) is 0. The molecule has 0 aliphatic heterocycles. The number of benzene rings is 1. The molecular formula is C9H14PPd+. The van der Waals surface area contributed by atoms with E-state index in [2.05, 4.69) is 50.3 Å². The summed E-state index contributed by atoms with van der Waals surface area (Å²) in [6, 6.07) is 10.7. The summed E-state index contributed by atoms with van der Waals surface area (Å²) in [5, 5.41) is 1.51. The molecule has 0 heterocycles. The molecule has 1 aromatic rings. The Bertz CT molecular complexity index is 201. The van der Waals surface area contributed by atoms with E-state index in [0.717, 1.165) is 0 Å². The summed E-state index contributed by atoms with van der Waals surface area (Å²) in [7, 11) is -0.768. The van der Waals surface area contributed by atoms with Crippen molar-refractivity contribution in [1.82, 2.24) is 0 Å². The Kier molecular flexibility index (Phi) is 4.49. The van der Waals surface area contributed by atoms with Gasteiger partial charge in [0.15, 0.2) is 0 Å². The van der Waals surface area contributed by atoms with Crippen molar-refractivity contribution in [2.24, 2.45) is 0 Å². The largest absolute Gasteiger partial charge is 0.0930 e. The fourth-order valence-corrected chi connectivity index (χ4v) is 1.94. The zero-order chi connectivity index (χ0) is 7.61. The first kappa shape index (κ1) is 11.3. The molecule has 0 saturated carbocycles.